The first kappa shape index (κ1) is 14.8. The van der Waals surface area contributed by atoms with Crippen molar-refractivity contribution in [2.45, 2.75) is 18.9 Å². The second-order valence-corrected chi connectivity index (χ2v) is 5.19. The Balaban J connectivity index is 1.97. The first-order chi connectivity index (χ1) is 10.9. The second kappa shape index (κ2) is 5.24. The first-order valence-corrected chi connectivity index (χ1v) is 6.79. The summed E-state index contributed by atoms with van der Waals surface area (Å²) in [5.74, 6) is -3.36. The Kier molecular flexibility index (Phi) is 3.36. The van der Waals surface area contributed by atoms with Gasteiger partial charge in [-0.25, -0.2) is 0 Å². The van der Waals surface area contributed by atoms with E-state index < -0.39 is 35.5 Å². The number of amides is 4. The Morgan fingerprint density at radius 1 is 1.13 bits per heavy atom. The van der Waals surface area contributed by atoms with E-state index >= 15 is 0 Å². The van der Waals surface area contributed by atoms with Gasteiger partial charge < -0.3 is 0 Å². The number of piperidine rings is 1. The number of imide groups is 2. The summed E-state index contributed by atoms with van der Waals surface area (Å²) in [4.78, 5) is 70.6. The van der Waals surface area contributed by atoms with Crippen molar-refractivity contribution in [1.82, 2.24) is 10.2 Å². The van der Waals surface area contributed by atoms with Crippen LogP contribution in [0.1, 0.15) is 43.9 Å². The van der Waals surface area contributed by atoms with Crippen LogP contribution in [0.2, 0.25) is 0 Å². The van der Waals surface area contributed by atoms with Crippen LogP contribution in [0.15, 0.2) is 18.2 Å². The van der Waals surface area contributed by atoms with E-state index in [1.165, 1.54) is 12.1 Å². The highest BCUT2D eigenvalue weighted by molar-refractivity contribution is 6.34. The first-order valence-electron chi connectivity index (χ1n) is 6.79. The number of Topliss-reactive ketones (excluding diaryl/α,β-unsaturated/α-hetero) is 1. The number of nitrogens with one attached hydrogen (secondary N) is 1. The number of fused-ring (bicyclic) bond motifs is 1. The number of ketones is 1. The topological polar surface area (TPSA) is 118 Å². The quantitative estimate of drug-likeness (QED) is 0.347. The van der Waals surface area contributed by atoms with Crippen LogP contribution < -0.4 is 5.32 Å². The van der Waals surface area contributed by atoms with Crippen LogP contribution in [-0.4, -0.2) is 46.6 Å². The highest BCUT2D eigenvalue weighted by Crippen LogP contribution is 2.28. The smallest absolute Gasteiger partial charge is 0.262 e. The number of hydrogen-bond acceptors (Lipinski definition) is 6. The van der Waals surface area contributed by atoms with Crippen LogP contribution in [0, 0.1) is 0 Å². The van der Waals surface area contributed by atoms with Crippen LogP contribution in [-0.2, 0) is 14.4 Å². The van der Waals surface area contributed by atoms with Crippen LogP contribution in [0.5, 0.6) is 0 Å². The molecular formula is C15H10N2O6. The minimum atomic E-state index is -1.06. The van der Waals surface area contributed by atoms with Crippen molar-refractivity contribution in [3.8, 4) is 0 Å². The Labute approximate surface area is 129 Å². The zero-order valence-corrected chi connectivity index (χ0v) is 11.7. The molecular weight excluding hydrogens is 304 g/mol. The van der Waals surface area contributed by atoms with Gasteiger partial charge in [0.05, 0.1) is 11.1 Å². The largest absolute Gasteiger partial charge is 0.295 e. The molecule has 3 rings (SSSR count). The highest BCUT2D eigenvalue weighted by Gasteiger charge is 2.44. The van der Waals surface area contributed by atoms with Gasteiger partial charge in [0.25, 0.3) is 11.8 Å². The summed E-state index contributed by atoms with van der Waals surface area (Å²) in [6.07, 6.45) is 0.190. The lowest BCUT2D eigenvalue weighted by Gasteiger charge is -2.27. The standard InChI is InChI=1S/C15H10N2O6/c18-6-11(19)7-1-2-8-9(5-7)15(23)17(14(8)22)10-3-4-12(20)16-13(10)21/h1-2,5-6,10H,3-4H2,(H,16,20,21). The van der Waals surface area contributed by atoms with Crippen molar-refractivity contribution in [2.75, 3.05) is 0 Å². The molecule has 0 spiro atoms. The Bertz CT molecular complexity index is 797. The van der Waals surface area contributed by atoms with Gasteiger partial charge in [0, 0.05) is 12.0 Å². The predicted octanol–water partition coefficient (Wildman–Crippen LogP) is -0.531. The van der Waals surface area contributed by atoms with Gasteiger partial charge in [0.1, 0.15) is 6.04 Å². The lowest BCUT2D eigenvalue weighted by atomic mass is 10.0. The molecule has 8 heteroatoms. The molecule has 0 radical (unpaired) electrons. The molecule has 1 unspecified atom stereocenters. The van der Waals surface area contributed by atoms with Crippen molar-refractivity contribution in [1.29, 1.82) is 0 Å². The molecule has 0 aromatic heterocycles. The molecule has 1 aromatic carbocycles. The predicted molar refractivity (Wildman–Crippen MR) is 73.5 cm³/mol. The van der Waals surface area contributed by atoms with Gasteiger partial charge >= 0.3 is 0 Å². The molecule has 0 saturated carbocycles. The van der Waals surface area contributed by atoms with E-state index in [-0.39, 0.29) is 35.8 Å². The zero-order chi connectivity index (χ0) is 16.7. The number of carbonyl (C=O) groups excluding carboxylic acids is 6. The van der Waals surface area contributed by atoms with E-state index in [4.69, 9.17) is 0 Å². The van der Waals surface area contributed by atoms with Crippen LogP contribution in [0.25, 0.3) is 0 Å². The Morgan fingerprint density at radius 2 is 1.83 bits per heavy atom. The number of rotatable bonds is 3. The molecule has 8 nitrogen and oxygen atoms in total. The van der Waals surface area contributed by atoms with Crippen molar-refractivity contribution in [3.63, 3.8) is 0 Å². The minimum Gasteiger partial charge on any atom is -0.295 e. The van der Waals surface area contributed by atoms with Crippen LogP contribution in [0.4, 0.5) is 0 Å². The van der Waals surface area contributed by atoms with Crippen molar-refractivity contribution in [2.24, 2.45) is 0 Å². The average molecular weight is 314 g/mol. The summed E-state index contributed by atoms with van der Waals surface area (Å²) in [7, 11) is 0. The molecule has 0 bridgehead atoms. The molecule has 2 aliphatic heterocycles. The summed E-state index contributed by atoms with van der Waals surface area (Å²) in [5.41, 5.74) is 0.0135. The third-order valence-corrected chi connectivity index (χ3v) is 3.83. The summed E-state index contributed by atoms with van der Waals surface area (Å²) in [6, 6.07) is 2.65. The van der Waals surface area contributed by atoms with E-state index in [0.29, 0.717) is 0 Å². The van der Waals surface area contributed by atoms with Gasteiger partial charge in [0.15, 0.2) is 6.29 Å². The number of aldehydes is 1. The molecule has 1 aromatic rings. The van der Waals surface area contributed by atoms with Crippen molar-refractivity contribution in [3.05, 3.63) is 34.9 Å². The molecule has 4 amide bonds. The molecule has 116 valence electrons. The van der Waals surface area contributed by atoms with Gasteiger partial charge in [-0.05, 0) is 18.6 Å². The molecule has 0 aliphatic carbocycles. The molecule has 1 fully saturated rings. The zero-order valence-electron chi connectivity index (χ0n) is 11.7. The molecule has 1 saturated heterocycles. The van der Waals surface area contributed by atoms with Gasteiger partial charge in [-0.2, -0.15) is 0 Å². The molecule has 2 aliphatic rings. The Morgan fingerprint density at radius 3 is 2.48 bits per heavy atom. The van der Waals surface area contributed by atoms with E-state index in [9.17, 15) is 28.8 Å². The maximum absolute atomic E-state index is 12.4. The SMILES string of the molecule is O=CC(=O)c1ccc2c(c1)C(=O)N(C1CCC(=O)NC1=O)C2=O. The average Bonchev–Trinajstić information content (AvgIpc) is 2.78. The fourth-order valence-corrected chi connectivity index (χ4v) is 2.69. The van der Waals surface area contributed by atoms with Gasteiger partial charge in [-0.1, -0.05) is 6.07 Å². The highest BCUT2D eigenvalue weighted by atomic mass is 16.2. The van der Waals surface area contributed by atoms with Crippen molar-refractivity contribution < 1.29 is 28.8 Å². The monoisotopic (exact) mass is 314 g/mol. The number of nitrogens with zero attached hydrogens (tertiary/aromatic N) is 1. The molecule has 2 heterocycles. The molecule has 1 atom stereocenters. The summed E-state index contributed by atoms with van der Waals surface area (Å²) >= 11 is 0. The number of benzene rings is 1. The van der Waals surface area contributed by atoms with Crippen LogP contribution in [0.3, 0.4) is 0 Å². The maximum atomic E-state index is 12.4. The van der Waals surface area contributed by atoms with Gasteiger partial charge in [-0.15, -0.1) is 0 Å². The maximum Gasteiger partial charge on any atom is 0.262 e. The normalized spacial score (nSPS) is 20.3. The van der Waals surface area contributed by atoms with E-state index in [0.717, 1.165) is 11.0 Å². The molecule has 1 N–H and O–H groups in total. The third kappa shape index (κ3) is 2.24. The summed E-state index contributed by atoms with van der Waals surface area (Å²) < 4.78 is 0. The van der Waals surface area contributed by atoms with E-state index in [2.05, 4.69) is 5.32 Å². The van der Waals surface area contributed by atoms with E-state index in [1.54, 1.807) is 0 Å². The lowest BCUT2D eigenvalue weighted by molar-refractivity contribution is -0.136. The van der Waals surface area contributed by atoms with Crippen molar-refractivity contribution >= 4 is 35.7 Å². The van der Waals surface area contributed by atoms with Gasteiger partial charge in [0.2, 0.25) is 17.6 Å². The molecule has 23 heavy (non-hydrogen) atoms. The minimum absolute atomic E-state index is 0.00924. The summed E-state index contributed by atoms with van der Waals surface area (Å²) in [6.45, 7) is 0. The lowest BCUT2D eigenvalue weighted by Crippen LogP contribution is -2.54. The second-order valence-electron chi connectivity index (χ2n) is 5.19. The fourth-order valence-electron chi connectivity index (χ4n) is 2.69. The summed E-state index contributed by atoms with van der Waals surface area (Å²) in [5, 5.41) is 2.09. The number of hydrogen-bond donors (Lipinski definition) is 1. The Hall–Kier alpha value is -3.16. The van der Waals surface area contributed by atoms with E-state index in [1.807, 2.05) is 0 Å². The third-order valence-electron chi connectivity index (χ3n) is 3.83. The van der Waals surface area contributed by atoms with Crippen LogP contribution >= 0.6 is 0 Å². The number of carbonyl (C=O) groups is 6. The van der Waals surface area contributed by atoms with Gasteiger partial charge in [-0.3, -0.25) is 39.0 Å². The fraction of sp³-hybridized carbons (Fsp3) is 0.200.